The molecule has 2 heteroatoms. The Morgan fingerprint density at radius 2 is 1.50 bits per heavy atom. The predicted octanol–water partition coefficient (Wildman–Crippen LogP) is 2.85. The SMILES string of the molecule is C[CH-]C(C)([CH-]C)CC.[V].[W]. The summed E-state index contributed by atoms with van der Waals surface area (Å²) in [7, 11) is 0. The van der Waals surface area contributed by atoms with Gasteiger partial charge in [0.1, 0.15) is 0 Å². The first-order valence-electron chi connectivity index (χ1n) is 3.29. The largest absolute Gasteiger partial charge is 0.355 e. The zero-order valence-electron chi connectivity index (χ0n) is 7.22. The van der Waals surface area contributed by atoms with Gasteiger partial charge >= 0.3 is 0 Å². The van der Waals surface area contributed by atoms with Crippen molar-refractivity contribution in [1.82, 2.24) is 0 Å². The summed E-state index contributed by atoms with van der Waals surface area (Å²) in [5.41, 5.74) is 0.375. The van der Waals surface area contributed by atoms with Crippen LogP contribution in [0.3, 0.4) is 0 Å². The van der Waals surface area contributed by atoms with Gasteiger partial charge in [-0.1, -0.05) is 6.92 Å². The van der Waals surface area contributed by atoms with Crippen LogP contribution in [-0.4, -0.2) is 0 Å². The third-order valence-corrected chi connectivity index (χ3v) is 2.08. The second-order valence-corrected chi connectivity index (χ2v) is 2.44. The summed E-state index contributed by atoms with van der Waals surface area (Å²) < 4.78 is 0. The maximum Gasteiger partial charge on any atom is 0 e. The van der Waals surface area contributed by atoms with Crippen molar-refractivity contribution >= 4 is 0 Å². The molecule has 0 fully saturated rings. The minimum absolute atomic E-state index is 0. The van der Waals surface area contributed by atoms with Crippen LogP contribution in [0.25, 0.3) is 0 Å². The van der Waals surface area contributed by atoms with Crippen molar-refractivity contribution in [3.05, 3.63) is 12.8 Å². The molecule has 0 aliphatic rings. The zero-order valence-corrected chi connectivity index (χ0v) is 11.5. The van der Waals surface area contributed by atoms with Crippen molar-refractivity contribution in [3.63, 3.8) is 0 Å². The van der Waals surface area contributed by atoms with Crippen molar-refractivity contribution in [2.24, 2.45) is 5.41 Å². The van der Waals surface area contributed by atoms with Gasteiger partial charge < -0.3 is 12.8 Å². The average molecular weight is 347 g/mol. The van der Waals surface area contributed by atoms with Gasteiger partial charge in [0.05, 0.1) is 0 Å². The van der Waals surface area contributed by atoms with E-state index in [1.807, 2.05) is 0 Å². The minimum Gasteiger partial charge on any atom is -0.355 e. The Hall–Kier alpha value is 1.27. The first kappa shape index (κ1) is 17.4. The van der Waals surface area contributed by atoms with E-state index in [1.165, 1.54) is 6.42 Å². The van der Waals surface area contributed by atoms with Crippen LogP contribution in [0, 0.1) is 18.3 Å². The van der Waals surface area contributed by atoms with E-state index in [2.05, 4.69) is 40.5 Å². The molecule has 0 saturated carbocycles. The van der Waals surface area contributed by atoms with E-state index >= 15 is 0 Å². The third-order valence-electron chi connectivity index (χ3n) is 2.08. The Morgan fingerprint density at radius 3 is 1.50 bits per heavy atom. The number of rotatable bonds is 3. The molecule has 0 rings (SSSR count). The van der Waals surface area contributed by atoms with Crippen molar-refractivity contribution in [3.8, 4) is 0 Å². The minimum atomic E-state index is 0. The van der Waals surface area contributed by atoms with Crippen LogP contribution in [0.15, 0.2) is 0 Å². The molecule has 0 aromatic carbocycles. The van der Waals surface area contributed by atoms with Crippen LogP contribution in [-0.2, 0) is 39.6 Å². The summed E-state index contributed by atoms with van der Waals surface area (Å²) in [5, 5.41) is 0. The molecule has 0 spiro atoms. The van der Waals surface area contributed by atoms with E-state index in [-0.39, 0.29) is 39.6 Å². The van der Waals surface area contributed by atoms with Crippen LogP contribution >= 0.6 is 0 Å². The zero-order chi connectivity index (χ0) is 6.62. The summed E-state index contributed by atoms with van der Waals surface area (Å²) in [5.74, 6) is 0. The van der Waals surface area contributed by atoms with Gasteiger partial charge in [0.2, 0.25) is 0 Å². The fourth-order valence-electron chi connectivity index (χ4n) is 0.575. The van der Waals surface area contributed by atoms with Gasteiger partial charge in [-0.15, -0.1) is 13.3 Å². The average Bonchev–Trinajstić information content (AvgIpc) is 1.87. The summed E-state index contributed by atoms with van der Waals surface area (Å²) in [4.78, 5) is 0. The molecule has 0 heterocycles. The van der Waals surface area contributed by atoms with E-state index in [9.17, 15) is 0 Å². The van der Waals surface area contributed by atoms with Gasteiger partial charge in [0.25, 0.3) is 0 Å². The summed E-state index contributed by atoms with van der Waals surface area (Å²) >= 11 is 0. The van der Waals surface area contributed by atoms with E-state index < -0.39 is 0 Å². The molecule has 0 amide bonds. The van der Waals surface area contributed by atoms with E-state index in [1.54, 1.807) is 0 Å². The van der Waals surface area contributed by atoms with Crippen LogP contribution in [0.1, 0.15) is 34.1 Å². The molecule has 0 N–H and O–H groups in total. The molecule has 0 unspecified atom stereocenters. The van der Waals surface area contributed by atoms with Gasteiger partial charge in [-0.05, 0) is 0 Å². The first-order chi connectivity index (χ1) is 3.68. The molecule has 0 aliphatic carbocycles. The van der Waals surface area contributed by atoms with Crippen LogP contribution in [0.5, 0.6) is 0 Å². The van der Waals surface area contributed by atoms with Crippen molar-refractivity contribution in [2.45, 2.75) is 34.1 Å². The van der Waals surface area contributed by atoms with Crippen molar-refractivity contribution in [1.29, 1.82) is 0 Å². The molecule has 61 valence electrons. The maximum atomic E-state index is 2.24. The molecule has 0 aromatic heterocycles. The second-order valence-electron chi connectivity index (χ2n) is 2.44. The van der Waals surface area contributed by atoms with Crippen molar-refractivity contribution in [2.75, 3.05) is 0 Å². The van der Waals surface area contributed by atoms with Crippen LogP contribution < -0.4 is 0 Å². The smallest absolute Gasteiger partial charge is 0 e. The van der Waals surface area contributed by atoms with Crippen LogP contribution in [0.2, 0.25) is 0 Å². The van der Waals surface area contributed by atoms with Gasteiger partial charge in [-0.25, -0.2) is 0 Å². The van der Waals surface area contributed by atoms with Gasteiger partial charge in [0, 0.05) is 39.6 Å². The Labute approximate surface area is 91.7 Å². The molecule has 0 atom stereocenters. The van der Waals surface area contributed by atoms with E-state index in [4.69, 9.17) is 0 Å². The van der Waals surface area contributed by atoms with Crippen molar-refractivity contribution < 1.29 is 39.6 Å². The second kappa shape index (κ2) is 8.37. The van der Waals surface area contributed by atoms with Gasteiger partial charge in [0.15, 0.2) is 0 Å². The molecular formula is C8H16VW-2. The maximum absolute atomic E-state index is 2.24. The molecule has 10 heavy (non-hydrogen) atoms. The molecule has 0 aromatic rings. The topological polar surface area (TPSA) is 0 Å². The Bertz CT molecular complexity index is 52.0. The fourth-order valence-corrected chi connectivity index (χ4v) is 0.575. The normalized spacial score (nSPS) is 9.60. The third kappa shape index (κ3) is 6.01. The standard InChI is InChI=1S/C8H16.V.W/c1-5-8(4,6-2)7-3;;/h5-6H,7H2,1-4H3;;/q-2;;. The quantitative estimate of drug-likeness (QED) is 0.689. The van der Waals surface area contributed by atoms with Gasteiger partial charge in [-0.3, -0.25) is 5.41 Å². The molecular weight excluding hydrogens is 331 g/mol. The Balaban J connectivity index is -0.000000245. The predicted molar refractivity (Wildman–Crippen MR) is 38.3 cm³/mol. The number of hydrogen-bond acceptors (Lipinski definition) is 0. The Kier molecular flexibility index (Phi) is 14.5. The van der Waals surface area contributed by atoms with E-state index in [0.29, 0.717) is 5.41 Å². The fraction of sp³-hybridized carbons (Fsp3) is 0.750. The summed E-state index contributed by atoms with van der Waals surface area (Å²) in [6, 6.07) is 0. The molecule has 1 radical (unpaired) electrons. The molecule has 0 bridgehead atoms. The Morgan fingerprint density at radius 1 is 1.20 bits per heavy atom. The number of hydrogen-bond donors (Lipinski definition) is 0. The van der Waals surface area contributed by atoms with Crippen LogP contribution in [0.4, 0.5) is 0 Å². The van der Waals surface area contributed by atoms with Gasteiger partial charge in [-0.2, -0.15) is 13.8 Å². The molecule has 0 nitrogen and oxygen atoms in total. The molecule has 0 aliphatic heterocycles. The monoisotopic (exact) mass is 347 g/mol. The first-order valence-corrected chi connectivity index (χ1v) is 3.29. The van der Waals surface area contributed by atoms with E-state index in [0.717, 1.165) is 0 Å². The summed E-state index contributed by atoms with van der Waals surface area (Å²) in [6.45, 7) is 8.68. The summed E-state index contributed by atoms with van der Waals surface area (Å²) in [6.07, 6.45) is 5.69. The molecule has 0 saturated heterocycles.